The lowest BCUT2D eigenvalue weighted by Gasteiger charge is -2.16. The molecule has 0 heterocycles. The van der Waals surface area contributed by atoms with E-state index in [1.54, 1.807) is 7.05 Å². The Labute approximate surface area is 160 Å². The Kier molecular flexibility index (Phi) is 9.37. The zero-order chi connectivity index (χ0) is 16.5. The predicted molar refractivity (Wildman–Crippen MR) is 110 cm³/mol. The Morgan fingerprint density at radius 3 is 2.33 bits per heavy atom. The van der Waals surface area contributed by atoms with Crippen LogP contribution >= 0.6 is 24.0 Å². The number of halogens is 2. The SMILES string of the molecule is CN=C(NCCc1ccc(F)cc1)NCC(C)c1ccccc1.I. The van der Waals surface area contributed by atoms with Crippen molar-refractivity contribution < 1.29 is 4.39 Å². The van der Waals surface area contributed by atoms with Gasteiger partial charge in [0.25, 0.3) is 0 Å². The lowest BCUT2D eigenvalue weighted by molar-refractivity contribution is 0.626. The van der Waals surface area contributed by atoms with Crippen LogP contribution in [-0.2, 0) is 6.42 Å². The van der Waals surface area contributed by atoms with Gasteiger partial charge in [-0.15, -0.1) is 24.0 Å². The van der Waals surface area contributed by atoms with Crippen molar-refractivity contribution in [3.63, 3.8) is 0 Å². The molecule has 0 aliphatic heterocycles. The molecule has 0 spiro atoms. The summed E-state index contributed by atoms with van der Waals surface area (Å²) in [5.41, 5.74) is 2.41. The fourth-order valence-electron chi connectivity index (χ4n) is 2.35. The molecule has 2 aromatic carbocycles. The van der Waals surface area contributed by atoms with Crippen LogP contribution in [0.5, 0.6) is 0 Å². The van der Waals surface area contributed by atoms with Crippen LogP contribution in [0.4, 0.5) is 4.39 Å². The molecule has 5 heteroatoms. The van der Waals surface area contributed by atoms with Crippen molar-refractivity contribution in [3.05, 3.63) is 71.5 Å². The highest BCUT2D eigenvalue weighted by Crippen LogP contribution is 2.12. The highest BCUT2D eigenvalue weighted by atomic mass is 127. The van der Waals surface area contributed by atoms with Gasteiger partial charge in [0.15, 0.2) is 5.96 Å². The summed E-state index contributed by atoms with van der Waals surface area (Å²) in [7, 11) is 1.76. The van der Waals surface area contributed by atoms with Gasteiger partial charge in [0.05, 0.1) is 0 Å². The van der Waals surface area contributed by atoms with Gasteiger partial charge in [-0.1, -0.05) is 49.4 Å². The minimum absolute atomic E-state index is 0. The van der Waals surface area contributed by atoms with Gasteiger partial charge < -0.3 is 10.6 Å². The molecular weight excluding hydrogens is 416 g/mol. The highest BCUT2D eigenvalue weighted by molar-refractivity contribution is 14.0. The molecule has 0 aliphatic carbocycles. The van der Waals surface area contributed by atoms with Crippen molar-refractivity contribution in [2.45, 2.75) is 19.3 Å². The van der Waals surface area contributed by atoms with Gasteiger partial charge in [-0.05, 0) is 35.6 Å². The Balaban J connectivity index is 0.00000288. The molecule has 2 N–H and O–H groups in total. The fourth-order valence-corrected chi connectivity index (χ4v) is 2.35. The van der Waals surface area contributed by atoms with Gasteiger partial charge in [0.2, 0.25) is 0 Å². The average Bonchev–Trinajstić information content (AvgIpc) is 2.60. The molecule has 0 aromatic heterocycles. The molecule has 2 aromatic rings. The van der Waals surface area contributed by atoms with Crippen molar-refractivity contribution in [2.75, 3.05) is 20.1 Å². The smallest absolute Gasteiger partial charge is 0.191 e. The van der Waals surface area contributed by atoms with E-state index in [-0.39, 0.29) is 29.8 Å². The Bertz CT molecular complexity index is 614. The van der Waals surface area contributed by atoms with Gasteiger partial charge in [0, 0.05) is 20.1 Å². The number of nitrogens with one attached hydrogen (secondary N) is 2. The molecule has 0 fully saturated rings. The van der Waals surface area contributed by atoms with Crippen molar-refractivity contribution in [1.82, 2.24) is 10.6 Å². The average molecular weight is 441 g/mol. The highest BCUT2D eigenvalue weighted by Gasteiger charge is 2.06. The third kappa shape index (κ3) is 6.86. The van der Waals surface area contributed by atoms with Crippen molar-refractivity contribution in [1.29, 1.82) is 0 Å². The van der Waals surface area contributed by atoms with Gasteiger partial charge >= 0.3 is 0 Å². The summed E-state index contributed by atoms with van der Waals surface area (Å²) in [5, 5.41) is 6.63. The van der Waals surface area contributed by atoms with Crippen molar-refractivity contribution in [2.24, 2.45) is 4.99 Å². The summed E-state index contributed by atoms with van der Waals surface area (Å²) >= 11 is 0. The number of guanidine groups is 1. The summed E-state index contributed by atoms with van der Waals surface area (Å²) < 4.78 is 12.9. The Hall–Kier alpha value is -1.63. The lowest BCUT2D eigenvalue weighted by atomic mass is 10.0. The molecule has 24 heavy (non-hydrogen) atoms. The van der Waals surface area contributed by atoms with E-state index in [0.717, 1.165) is 31.0 Å². The standard InChI is InChI=1S/C19H24FN3.HI/c1-15(17-6-4-3-5-7-17)14-23-19(21-2)22-13-12-16-8-10-18(20)11-9-16;/h3-11,15H,12-14H2,1-2H3,(H2,21,22,23);1H. The number of nitrogens with zero attached hydrogens (tertiary/aromatic N) is 1. The van der Waals surface area contributed by atoms with Crippen molar-refractivity contribution >= 4 is 29.9 Å². The molecule has 1 unspecified atom stereocenters. The van der Waals surface area contributed by atoms with Gasteiger partial charge in [-0.3, -0.25) is 4.99 Å². The third-order valence-electron chi connectivity index (χ3n) is 3.79. The minimum Gasteiger partial charge on any atom is -0.356 e. The molecule has 0 radical (unpaired) electrons. The maximum atomic E-state index is 12.9. The predicted octanol–water partition coefficient (Wildman–Crippen LogP) is 3.95. The van der Waals surface area contributed by atoms with E-state index >= 15 is 0 Å². The summed E-state index contributed by atoms with van der Waals surface area (Å²) in [6.45, 7) is 3.76. The van der Waals surface area contributed by atoms with Crippen LogP contribution in [0.1, 0.15) is 24.0 Å². The molecular formula is C19H25FIN3. The van der Waals surface area contributed by atoms with E-state index in [9.17, 15) is 4.39 Å². The van der Waals surface area contributed by atoms with E-state index in [2.05, 4.69) is 46.8 Å². The van der Waals surface area contributed by atoms with Crippen molar-refractivity contribution in [3.8, 4) is 0 Å². The zero-order valence-electron chi connectivity index (χ0n) is 14.1. The first-order chi connectivity index (χ1) is 11.2. The fraction of sp³-hybridized carbons (Fsp3) is 0.316. The minimum atomic E-state index is -0.200. The van der Waals surface area contributed by atoms with Gasteiger partial charge in [-0.2, -0.15) is 0 Å². The first-order valence-corrected chi connectivity index (χ1v) is 7.93. The lowest BCUT2D eigenvalue weighted by Crippen LogP contribution is -2.39. The van der Waals surface area contributed by atoms with Crippen LogP contribution in [0.2, 0.25) is 0 Å². The number of aliphatic imine (C=N–C) groups is 1. The normalized spacial score (nSPS) is 12.2. The van der Waals surface area contributed by atoms with Gasteiger partial charge in [-0.25, -0.2) is 4.39 Å². The van der Waals surface area contributed by atoms with E-state index in [1.165, 1.54) is 17.7 Å². The molecule has 0 amide bonds. The van der Waals surface area contributed by atoms with E-state index in [4.69, 9.17) is 0 Å². The summed E-state index contributed by atoms with van der Waals surface area (Å²) in [5.74, 6) is 0.996. The second-order valence-corrected chi connectivity index (χ2v) is 5.57. The first-order valence-electron chi connectivity index (χ1n) is 7.93. The molecule has 2 rings (SSSR count). The van der Waals surface area contributed by atoms with E-state index in [0.29, 0.717) is 5.92 Å². The van der Waals surface area contributed by atoms with E-state index in [1.807, 2.05) is 18.2 Å². The number of hydrogen-bond acceptors (Lipinski definition) is 1. The van der Waals surface area contributed by atoms with Crippen LogP contribution < -0.4 is 10.6 Å². The summed E-state index contributed by atoms with van der Waals surface area (Å²) in [6, 6.07) is 17.0. The third-order valence-corrected chi connectivity index (χ3v) is 3.79. The zero-order valence-corrected chi connectivity index (χ0v) is 16.5. The second kappa shape index (κ2) is 11.0. The maximum Gasteiger partial charge on any atom is 0.191 e. The van der Waals surface area contributed by atoms with Crippen LogP contribution in [0.25, 0.3) is 0 Å². The quantitative estimate of drug-likeness (QED) is 0.405. The molecule has 0 saturated carbocycles. The molecule has 3 nitrogen and oxygen atoms in total. The molecule has 0 aliphatic rings. The number of rotatable bonds is 6. The molecule has 130 valence electrons. The van der Waals surface area contributed by atoms with E-state index < -0.39 is 0 Å². The van der Waals surface area contributed by atoms with Crippen LogP contribution in [0, 0.1) is 5.82 Å². The second-order valence-electron chi connectivity index (χ2n) is 5.57. The first kappa shape index (κ1) is 20.4. The summed E-state index contributed by atoms with van der Waals surface area (Å²) in [4.78, 5) is 4.23. The maximum absolute atomic E-state index is 12.9. The van der Waals surface area contributed by atoms with Crippen LogP contribution in [-0.4, -0.2) is 26.1 Å². The van der Waals surface area contributed by atoms with Crippen LogP contribution in [0.15, 0.2) is 59.6 Å². The number of benzene rings is 2. The topological polar surface area (TPSA) is 36.4 Å². The Morgan fingerprint density at radius 2 is 1.71 bits per heavy atom. The largest absolute Gasteiger partial charge is 0.356 e. The Morgan fingerprint density at radius 1 is 1.04 bits per heavy atom. The molecule has 0 bridgehead atoms. The molecule has 0 saturated heterocycles. The number of hydrogen-bond donors (Lipinski definition) is 2. The van der Waals surface area contributed by atoms with Gasteiger partial charge in [0.1, 0.15) is 5.82 Å². The van der Waals surface area contributed by atoms with Crippen LogP contribution in [0.3, 0.4) is 0 Å². The monoisotopic (exact) mass is 441 g/mol. The summed E-state index contributed by atoms with van der Waals surface area (Å²) in [6.07, 6.45) is 0.829. The molecule has 1 atom stereocenters.